The van der Waals surface area contributed by atoms with Crippen molar-refractivity contribution in [1.29, 1.82) is 0 Å². The molecule has 0 saturated carbocycles. The zero-order valence-electron chi connectivity index (χ0n) is 28.3. The van der Waals surface area contributed by atoms with Crippen molar-refractivity contribution in [1.82, 2.24) is 0 Å². The van der Waals surface area contributed by atoms with Crippen LogP contribution in [0.4, 0.5) is 0 Å². The average molecular weight is 649 g/mol. The van der Waals surface area contributed by atoms with Crippen LogP contribution in [-0.4, -0.2) is 31.8 Å². The second-order valence-corrected chi connectivity index (χ2v) is 12.1. The van der Waals surface area contributed by atoms with E-state index in [-0.39, 0.29) is 11.5 Å². The summed E-state index contributed by atoms with van der Waals surface area (Å²) in [6.07, 6.45) is 17.1. The van der Waals surface area contributed by atoms with Crippen molar-refractivity contribution in [2.75, 3.05) is 19.8 Å². The fraction of sp³-hybridized carbons (Fsp3) is 0.513. The Morgan fingerprint density at radius 3 is 1.77 bits per heavy atom. The summed E-state index contributed by atoms with van der Waals surface area (Å²) in [4.78, 5) is 36.7. The summed E-state index contributed by atoms with van der Waals surface area (Å²) in [5, 5.41) is 0.614. The zero-order chi connectivity index (χ0) is 33.7. The van der Waals surface area contributed by atoms with E-state index < -0.39 is 11.6 Å². The van der Waals surface area contributed by atoms with Gasteiger partial charge in [-0.25, -0.2) is 14.4 Å². The van der Waals surface area contributed by atoms with Crippen LogP contribution in [0, 0.1) is 0 Å². The minimum absolute atomic E-state index is 0.166. The maximum absolute atomic E-state index is 12.8. The van der Waals surface area contributed by atoms with Crippen LogP contribution >= 0.6 is 0 Å². The fourth-order valence-electron chi connectivity index (χ4n) is 5.08. The maximum Gasteiger partial charge on any atom is 0.351 e. The molecule has 0 aliphatic rings. The third-order valence-corrected chi connectivity index (χ3v) is 7.87. The normalized spacial score (nSPS) is 10.9. The monoisotopic (exact) mass is 648 g/mol. The molecule has 0 spiro atoms. The molecule has 0 aliphatic heterocycles. The summed E-state index contributed by atoms with van der Waals surface area (Å²) in [6, 6.07) is 13.5. The van der Waals surface area contributed by atoms with Gasteiger partial charge in [-0.05, 0) is 68.7 Å². The van der Waals surface area contributed by atoms with Crippen LogP contribution in [0.1, 0.15) is 121 Å². The molecule has 0 atom stereocenters. The number of hydrogen-bond acceptors (Lipinski definition) is 8. The summed E-state index contributed by atoms with van der Waals surface area (Å²) in [5.74, 6) is 0.556. The standard InChI is InChI=1S/C39H52O8/c1-4-5-6-7-13-17-26-44-34-20-19-31-28-35(39(42)47-36(31)29-34)38(41)46-33-23-21-32(22-24-33)43-25-16-14-11-9-8-10-12-15-18-27-45-37(40)30(2)3/h19-24,28-29H,2,4-18,25-27H2,1,3H3. The van der Waals surface area contributed by atoms with Crippen LogP contribution in [-0.2, 0) is 9.53 Å². The molecule has 47 heavy (non-hydrogen) atoms. The average Bonchev–Trinajstić information content (AvgIpc) is 3.06. The Morgan fingerprint density at radius 1 is 0.660 bits per heavy atom. The van der Waals surface area contributed by atoms with Gasteiger partial charge >= 0.3 is 17.6 Å². The van der Waals surface area contributed by atoms with Crippen molar-refractivity contribution in [2.45, 2.75) is 110 Å². The molecular formula is C39H52O8. The summed E-state index contributed by atoms with van der Waals surface area (Å²) in [7, 11) is 0. The lowest BCUT2D eigenvalue weighted by Crippen LogP contribution is -2.18. The lowest BCUT2D eigenvalue weighted by molar-refractivity contribution is -0.139. The predicted octanol–water partition coefficient (Wildman–Crippen LogP) is 9.76. The molecule has 3 rings (SSSR count). The molecule has 0 fully saturated rings. The maximum atomic E-state index is 12.8. The van der Waals surface area contributed by atoms with Crippen molar-refractivity contribution < 1.29 is 33.0 Å². The van der Waals surface area contributed by atoms with Gasteiger partial charge in [-0.3, -0.25) is 0 Å². The second-order valence-electron chi connectivity index (χ2n) is 12.1. The van der Waals surface area contributed by atoms with Gasteiger partial charge in [0.2, 0.25) is 0 Å². The molecule has 0 N–H and O–H groups in total. The number of hydrogen-bond donors (Lipinski definition) is 0. The Hall–Kier alpha value is -4.07. The lowest BCUT2D eigenvalue weighted by Gasteiger charge is -2.09. The van der Waals surface area contributed by atoms with Crippen LogP contribution in [0.5, 0.6) is 17.2 Å². The highest BCUT2D eigenvalue weighted by Gasteiger charge is 2.17. The van der Waals surface area contributed by atoms with Gasteiger partial charge in [0.15, 0.2) is 0 Å². The highest BCUT2D eigenvalue weighted by atomic mass is 16.5. The first kappa shape index (κ1) is 37.4. The van der Waals surface area contributed by atoms with Gasteiger partial charge in [0.25, 0.3) is 0 Å². The van der Waals surface area contributed by atoms with Crippen molar-refractivity contribution in [2.24, 2.45) is 0 Å². The molecule has 0 saturated heterocycles. The minimum Gasteiger partial charge on any atom is -0.494 e. The first-order valence-corrected chi connectivity index (χ1v) is 17.4. The van der Waals surface area contributed by atoms with E-state index in [0.717, 1.165) is 44.9 Å². The van der Waals surface area contributed by atoms with Crippen LogP contribution < -0.4 is 19.8 Å². The third-order valence-electron chi connectivity index (χ3n) is 7.87. The number of carbonyl (C=O) groups excluding carboxylic acids is 2. The van der Waals surface area contributed by atoms with Crippen molar-refractivity contribution >= 4 is 22.9 Å². The zero-order valence-corrected chi connectivity index (χ0v) is 28.3. The summed E-state index contributed by atoms with van der Waals surface area (Å²) >= 11 is 0. The van der Waals surface area contributed by atoms with E-state index in [4.69, 9.17) is 23.4 Å². The van der Waals surface area contributed by atoms with Gasteiger partial charge in [0, 0.05) is 17.0 Å². The number of benzene rings is 2. The highest BCUT2D eigenvalue weighted by molar-refractivity contribution is 5.94. The van der Waals surface area contributed by atoms with E-state index in [2.05, 4.69) is 13.5 Å². The van der Waals surface area contributed by atoms with E-state index in [1.54, 1.807) is 43.3 Å². The molecule has 0 radical (unpaired) electrons. The number of unbranched alkanes of at least 4 members (excludes halogenated alkanes) is 13. The van der Waals surface area contributed by atoms with Crippen LogP contribution in [0.2, 0.25) is 0 Å². The summed E-state index contributed by atoms with van der Waals surface area (Å²) in [5.41, 5.74) is -0.114. The van der Waals surface area contributed by atoms with Crippen LogP contribution in [0.3, 0.4) is 0 Å². The SMILES string of the molecule is C=C(C)C(=O)OCCCCCCCCCCCOc1ccc(OC(=O)c2cc3ccc(OCCCCCCCC)cc3oc2=O)cc1. The van der Waals surface area contributed by atoms with Crippen molar-refractivity contribution in [3.63, 3.8) is 0 Å². The summed E-state index contributed by atoms with van der Waals surface area (Å²) < 4.78 is 27.6. The molecule has 0 amide bonds. The molecule has 0 unspecified atom stereocenters. The highest BCUT2D eigenvalue weighted by Crippen LogP contribution is 2.23. The molecule has 0 aliphatic carbocycles. The van der Waals surface area contributed by atoms with Gasteiger partial charge in [-0.1, -0.05) is 90.6 Å². The third kappa shape index (κ3) is 14.5. The topological polar surface area (TPSA) is 101 Å². The number of carbonyl (C=O) groups is 2. The first-order chi connectivity index (χ1) is 22.9. The molecule has 0 bridgehead atoms. The van der Waals surface area contributed by atoms with E-state index >= 15 is 0 Å². The number of ether oxygens (including phenoxy) is 4. The molecule has 2 aromatic carbocycles. The van der Waals surface area contributed by atoms with Gasteiger partial charge in [-0.2, -0.15) is 0 Å². The Balaban J connectivity index is 1.30. The Bertz CT molecular complexity index is 1440. The van der Waals surface area contributed by atoms with Crippen molar-refractivity contribution in [3.05, 3.63) is 76.7 Å². The van der Waals surface area contributed by atoms with Crippen LogP contribution in [0.25, 0.3) is 11.0 Å². The lowest BCUT2D eigenvalue weighted by atomic mass is 10.1. The van der Waals surface area contributed by atoms with Crippen molar-refractivity contribution in [3.8, 4) is 17.2 Å². The number of fused-ring (bicyclic) bond motifs is 1. The molecule has 1 heterocycles. The van der Waals surface area contributed by atoms with E-state index in [1.807, 2.05) is 6.07 Å². The van der Waals surface area contributed by atoms with E-state index in [9.17, 15) is 14.4 Å². The largest absolute Gasteiger partial charge is 0.494 e. The van der Waals surface area contributed by atoms with Crippen LogP contribution in [0.15, 0.2) is 69.9 Å². The predicted molar refractivity (Wildman–Crippen MR) is 186 cm³/mol. The molecular weight excluding hydrogens is 596 g/mol. The van der Waals surface area contributed by atoms with Gasteiger partial charge in [0.1, 0.15) is 28.4 Å². The quantitative estimate of drug-likeness (QED) is 0.0311. The molecule has 8 nitrogen and oxygen atoms in total. The Kier molecular flexibility index (Phi) is 17.2. The van der Waals surface area contributed by atoms with E-state index in [0.29, 0.717) is 53.6 Å². The summed E-state index contributed by atoms with van der Waals surface area (Å²) in [6.45, 7) is 9.14. The minimum atomic E-state index is -0.776. The van der Waals surface area contributed by atoms with E-state index in [1.165, 1.54) is 57.4 Å². The molecule has 3 aromatic rings. The van der Waals surface area contributed by atoms with Gasteiger partial charge in [-0.15, -0.1) is 0 Å². The van der Waals surface area contributed by atoms with Gasteiger partial charge < -0.3 is 23.4 Å². The smallest absolute Gasteiger partial charge is 0.351 e. The van der Waals surface area contributed by atoms with Gasteiger partial charge in [0.05, 0.1) is 19.8 Å². The Labute approximate surface area is 279 Å². The molecule has 1 aromatic heterocycles. The second kappa shape index (κ2) is 21.7. The fourth-order valence-corrected chi connectivity index (χ4v) is 5.08. The molecule has 8 heteroatoms. The molecule has 256 valence electrons. The number of esters is 2. The number of rotatable bonds is 24. The Morgan fingerprint density at radius 2 is 1.17 bits per heavy atom. The first-order valence-electron chi connectivity index (χ1n) is 17.4.